The van der Waals surface area contributed by atoms with E-state index in [1.165, 1.54) is 9.80 Å². The molecule has 18 heavy (non-hydrogen) atoms. The second-order valence-corrected chi connectivity index (χ2v) is 4.49. The highest BCUT2D eigenvalue weighted by atomic mass is 16.4. The van der Waals surface area contributed by atoms with Gasteiger partial charge in [0.05, 0.1) is 12.5 Å². The van der Waals surface area contributed by atoms with Gasteiger partial charge in [-0.15, -0.1) is 0 Å². The van der Waals surface area contributed by atoms with Gasteiger partial charge in [0.2, 0.25) is 0 Å². The smallest absolute Gasteiger partial charge is 0.323 e. The van der Waals surface area contributed by atoms with Crippen molar-refractivity contribution < 1.29 is 14.7 Å². The average Bonchev–Trinajstić information content (AvgIpc) is 3.12. The summed E-state index contributed by atoms with van der Waals surface area (Å²) in [6.07, 6.45) is 2.39. The van der Waals surface area contributed by atoms with Crippen LogP contribution in [0.2, 0.25) is 0 Å². The molecule has 0 unspecified atom stereocenters. The number of aliphatic carboxylic acids is 1. The summed E-state index contributed by atoms with van der Waals surface area (Å²) in [5.41, 5.74) is 0. The van der Waals surface area contributed by atoms with E-state index in [0.29, 0.717) is 25.6 Å². The molecule has 0 atom stereocenters. The van der Waals surface area contributed by atoms with Crippen LogP contribution in [-0.2, 0) is 4.79 Å². The molecule has 6 nitrogen and oxygen atoms in total. The van der Waals surface area contributed by atoms with Crippen molar-refractivity contribution in [3.63, 3.8) is 0 Å². The third-order valence-corrected chi connectivity index (χ3v) is 2.92. The molecule has 100 valence electrons. The first-order chi connectivity index (χ1) is 8.58. The Hall–Kier alpha value is -1.77. The van der Waals surface area contributed by atoms with Gasteiger partial charge in [-0.1, -0.05) is 0 Å². The van der Waals surface area contributed by atoms with Crippen LogP contribution in [0.5, 0.6) is 0 Å². The lowest BCUT2D eigenvalue weighted by molar-refractivity contribution is -0.137. The Balaban J connectivity index is 2.59. The lowest BCUT2D eigenvalue weighted by Crippen LogP contribution is -2.46. The van der Waals surface area contributed by atoms with E-state index in [-0.39, 0.29) is 19.0 Å². The zero-order valence-corrected chi connectivity index (χ0v) is 10.6. The fourth-order valence-electron chi connectivity index (χ4n) is 1.76. The Kier molecular flexibility index (Phi) is 5.43. The molecule has 0 saturated heterocycles. The van der Waals surface area contributed by atoms with E-state index in [1.54, 1.807) is 0 Å². The quantitative estimate of drug-likeness (QED) is 0.737. The first kappa shape index (κ1) is 14.3. The minimum absolute atomic E-state index is 0.265. The van der Waals surface area contributed by atoms with Gasteiger partial charge >= 0.3 is 12.0 Å². The van der Waals surface area contributed by atoms with Gasteiger partial charge in [0.25, 0.3) is 0 Å². The van der Waals surface area contributed by atoms with E-state index in [2.05, 4.69) is 0 Å². The van der Waals surface area contributed by atoms with Crippen molar-refractivity contribution >= 4 is 12.0 Å². The number of carboxylic acids is 1. The fourth-order valence-corrected chi connectivity index (χ4v) is 1.76. The number of rotatable bonds is 7. The SMILES string of the molecule is CCN(CCC#N)C(=O)N(CC(=O)O)CC1CC1. The summed E-state index contributed by atoms with van der Waals surface area (Å²) in [6.45, 7) is 2.91. The minimum atomic E-state index is -1.000. The minimum Gasteiger partial charge on any atom is -0.480 e. The summed E-state index contributed by atoms with van der Waals surface area (Å²) in [4.78, 5) is 25.8. The molecule has 1 fully saturated rings. The van der Waals surface area contributed by atoms with Gasteiger partial charge in [-0.25, -0.2) is 4.79 Å². The van der Waals surface area contributed by atoms with Gasteiger partial charge in [-0.05, 0) is 25.7 Å². The second kappa shape index (κ2) is 6.84. The number of nitriles is 1. The van der Waals surface area contributed by atoms with E-state index in [9.17, 15) is 9.59 Å². The highest BCUT2D eigenvalue weighted by molar-refractivity contribution is 5.80. The summed E-state index contributed by atoms with van der Waals surface area (Å²) in [6, 6.07) is 1.72. The molecule has 0 bridgehead atoms. The Bertz CT molecular complexity index is 347. The third kappa shape index (κ3) is 4.62. The lowest BCUT2D eigenvalue weighted by Gasteiger charge is -2.28. The van der Waals surface area contributed by atoms with Gasteiger partial charge in [0.15, 0.2) is 0 Å². The number of urea groups is 1. The number of carbonyl (C=O) groups excluding carboxylic acids is 1. The van der Waals surface area contributed by atoms with Crippen LogP contribution < -0.4 is 0 Å². The van der Waals surface area contributed by atoms with E-state index >= 15 is 0 Å². The van der Waals surface area contributed by atoms with Crippen LogP contribution in [0, 0.1) is 17.2 Å². The molecule has 1 rings (SSSR count). The van der Waals surface area contributed by atoms with Crippen molar-refractivity contribution in [3.05, 3.63) is 0 Å². The molecule has 1 saturated carbocycles. The van der Waals surface area contributed by atoms with Crippen LogP contribution >= 0.6 is 0 Å². The number of carbonyl (C=O) groups is 2. The Labute approximate surface area is 107 Å². The predicted molar refractivity (Wildman–Crippen MR) is 64.8 cm³/mol. The average molecular weight is 253 g/mol. The van der Waals surface area contributed by atoms with Gasteiger partial charge in [-0.2, -0.15) is 5.26 Å². The first-order valence-corrected chi connectivity index (χ1v) is 6.21. The van der Waals surface area contributed by atoms with E-state index in [0.717, 1.165) is 12.8 Å². The van der Waals surface area contributed by atoms with Crippen molar-refractivity contribution in [3.8, 4) is 6.07 Å². The predicted octanol–water partition coefficient (Wildman–Crippen LogP) is 1.14. The van der Waals surface area contributed by atoms with Crippen molar-refractivity contribution in [2.45, 2.75) is 26.2 Å². The Morgan fingerprint density at radius 2 is 2.06 bits per heavy atom. The maximum absolute atomic E-state index is 12.2. The number of hydrogen-bond acceptors (Lipinski definition) is 3. The molecule has 1 aliphatic carbocycles. The number of carboxylic acid groups (broad SMARTS) is 1. The molecule has 1 aliphatic rings. The summed E-state index contributed by atoms with van der Waals surface area (Å²) in [5, 5.41) is 17.4. The van der Waals surface area contributed by atoms with Crippen molar-refractivity contribution in [1.29, 1.82) is 5.26 Å². The van der Waals surface area contributed by atoms with Gasteiger partial charge in [0.1, 0.15) is 6.54 Å². The van der Waals surface area contributed by atoms with E-state index in [4.69, 9.17) is 10.4 Å². The Morgan fingerprint density at radius 1 is 1.39 bits per heavy atom. The maximum atomic E-state index is 12.2. The molecule has 0 spiro atoms. The van der Waals surface area contributed by atoms with Crippen molar-refractivity contribution in [2.24, 2.45) is 5.92 Å². The molecular weight excluding hydrogens is 234 g/mol. The third-order valence-electron chi connectivity index (χ3n) is 2.92. The molecule has 0 aromatic heterocycles. The van der Waals surface area contributed by atoms with E-state index in [1.807, 2.05) is 13.0 Å². The van der Waals surface area contributed by atoms with Crippen LogP contribution in [0.15, 0.2) is 0 Å². The molecule has 0 heterocycles. The standard InChI is InChI=1S/C12H19N3O3/c1-2-14(7-3-6-13)12(18)15(9-11(16)17)8-10-4-5-10/h10H,2-5,7-9H2,1H3,(H,16,17). The lowest BCUT2D eigenvalue weighted by atomic mass is 10.3. The van der Waals surface area contributed by atoms with Crippen LogP contribution in [0.3, 0.4) is 0 Å². The molecule has 2 amide bonds. The molecule has 0 aromatic rings. The van der Waals surface area contributed by atoms with Crippen LogP contribution in [0.1, 0.15) is 26.2 Å². The van der Waals surface area contributed by atoms with Crippen LogP contribution in [-0.4, -0.2) is 53.1 Å². The molecule has 0 aliphatic heterocycles. The summed E-state index contributed by atoms with van der Waals surface area (Å²) in [5.74, 6) is -0.552. The fraction of sp³-hybridized carbons (Fsp3) is 0.750. The largest absolute Gasteiger partial charge is 0.480 e. The summed E-state index contributed by atoms with van der Waals surface area (Å²) < 4.78 is 0. The van der Waals surface area contributed by atoms with Gasteiger partial charge < -0.3 is 14.9 Å². The molecule has 6 heteroatoms. The molecule has 1 N–H and O–H groups in total. The maximum Gasteiger partial charge on any atom is 0.323 e. The first-order valence-electron chi connectivity index (χ1n) is 6.21. The zero-order valence-electron chi connectivity index (χ0n) is 10.6. The summed E-state index contributed by atoms with van der Waals surface area (Å²) in [7, 11) is 0. The van der Waals surface area contributed by atoms with Crippen molar-refractivity contribution in [2.75, 3.05) is 26.2 Å². The zero-order chi connectivity index (χ0) is 13.5. The molecular formula is C12H19N3O3. The normalized spacial score (nSPS) is 13.8. The van der Waals surface area contributed by atoms with Crippen LogP contribution in [0.25, 0.3) is 0 Å². The molecule has 0 radical (unpaired) electrons. The summed E-state index contributed by atoms with van der Waals surface area (Å²) >= 11 is 0. The number of nitrogens with zero attached hydrogens (tertiary/aromatic N) is 3. The molecule has 0 aromatic carbocycles. The number of amides is 2. The number of hydrogen-bond donors (Lipinski definition) is 1. The van der Waals surface area contributed by atoms with Crippen molar-refractivity contribution in [1.82, 2.24) is 9.80 Å². The highest BCUT2D eigenvalue weighted by Gasteiger charge is 2.29. The topological polar surface area (TPSA) is 84.6 Å². The van der Waals surface area contributed by atoms with Gasteiger partial charge in [-0.3, -0.25) is 4.79 Å². The van der Waals surface area contributed by atoms with E-state index < -0.39 is 5.97 Å². The van der Waals surface area contributed by atoms with Crippen LogP contribution in [0.4, 0.5) is 4.79 Å². The van der Waals surface area contributed by atoms with Gasteiger partial charge in [0, 0.05) is 19.6 Å². The Morgan fingerprint density at radius 3 is 2.50 bits per heavy atom. The second-order valence-electron chi connectivity index (χ2n) is 4.49. The highest BCUT2D eigenvalue weighted by Crippen LogP contribution is 2.29. The monoisotopic (exact) mass is 253 g/mol.